The summed E-state index contributed by atoms with van der Waals surface area (Å²) in [6.07, 6.45) is 1.90. The third-order valence-corrected chi connectivity index (χ3v) is 8.47. The zero-order valence-electron chi connectivity index (χ0n) is 31.1. The maximum atomic E-state index is 9.20. The summed E-state index contributed by atoms with van der Waals surface area (Å²) >= 11 is 0. The van der Waals surface area contributed by atoms with E-state index in [1.807, 2.05) is 42.5 Å². The zero-order chi connectivity index (χ0) is 33.9. The van der Waals surface area contributed by atoms with Crippen LogP contribution in [0.3, 0.4) is 0 Å². The van der Waals surface area contributed by atoms with E-state index >= 15 is 0 Å². The van der Waals surface area contributed by atoms with Gasteiger partial charge >= 0.3 is 0 Å². The van der Waals surface area contributed by atoms with Crippen molar-refractivity contribution in [2.45, 2.75) is 51.4 Å². The van der Waals surface area contributed by atoms with Crippen molar-refractivity contribution < 1.29 is 12.3 Å². The van der Waals surface area contributed by atoms with Crippen LogP contribution in [0.2, 0.25) is 0 Å². The van der Waals surface area contributed by atoms with Crippen LogP contribution in [0.25, 0.3) is 54.6 Å². The van der Waals surface area contributed by atoms with Gasteiger partial charge in [0, 0.05) is 0 Å². The average Bonchev–Trinajstić information content (AvgIpc) is 3.05. The molecule has 1 aliphatic carbocycles. The van der Waals surface area contributed by atoms with Gasteiger partial charge < -0.3 is 0 Å². The Morgan fingerprint density at radius 2 is 1.11 bits per heavy atom. The summed E-state index contributed by atoms with van der Waals surface area (Å²) in [5.74, 6) is 0. The third kappa shape index (κ3) is 3.51. The maximum Gasteiger partial charge on any atom is 0.0636 e. The number of rotatable bonds is 2. The second kappa shape index (κ2) is 8.30. The first-order chi connectivity index (χ1) is 22.1. The number of fused-ring (bicyclic) bond motifs is 4. The Labute approximate surface area is 238 Å². The van der Waals surface area contributed by atoms with Crippen LogP contribution in [-0.2, 0) is 10.8 Å². The highest BCUT2D eigenvalue weighted by molar-refractivity contribution is 6.15. The van der Waals surface area contributed by atoms with Gasteiger partial charge in [-0.05, 0) is 108 Å². The van der Waals surface area contributed by atoms with Gasteiger partial charge in [-0.2, -0.15) is 0 Å². The predicted molar refractivity (Wildman–Crippen MR) is 165 cm³/mol. The van der Waals surface area contributed by atoms with Gasteiger partial charge in [-0.15, -0.1) is 0 Å². The quantitative estimate of drug-likeness (QED) is 0.208. The molecule has 0 spiro atoms. The molecule has 0 unspecified atom stereocenters. The lowest BCUT2D eigenvalue weighted by Crippen LogP contribution is -2.34. The Balaban J connectivity index is 1.83. The van der Waals surface area contributed by atoms with Gasteiger partial charge in [0.25, 0.3) is 0 Å². The van der Waals surface area contributed by atoms with Crippen molar-refractivity contribution in [1.29, 1.82) is 0 Å². The molecule has 0 bridgehead atoms. The molecule has 0 fully saturated rings. The molecule has 186 valence electrons. The molecule has 0 saturated heterocycles. The molecule has 1 aliphatic rings. The summed E-state index contributed by atoms with van der Waals surface area (Å²) in [5.41, 5.74) is 4.46. The number of hydrogen-bond acceptors (Lipinski definition) is 0. The van der Waals surface area contributed by atoms with E-state index in [0.29, 0.717) is 5.56 Å². The van der Waals surface area contributed by atoms with Crippen LogP contribution in [-0.4, -0.2) is 0 Å². The van der Waals surface area contributed by atoms with E-state index in [4.69, 9.17) is 8.22 Å². The Morgan fingerprint density at radius 3 is 1.76 bits per heavy atom. The first-order valence-corrected chi connectivity index (χ1v) is 13.2. The summed E-state index contributed by atoms with van der Waals surface area (Å²) < 4.78 is 79.7. The fraction of sp³-hybridized carbons (Fsp3) is 0.211. The van der Waals surface area contributed by atoms with E-state index in [9.17, 15) is 4.11 Å². The van der Waals surface area contributed by atoms with E-state index in [0.717, 1.165) is 40.3 Å². The molecule has 0 amide bonds. The lowest BCUT2D eigenvalue weighted by Gasteiger charge is -2.42. The Hall–Kier alpha value is -3.90. The van der Waals surface area contributed by atoms with Gasteiger partial charge in [0.05, 0.1) is 12.3 Å². The Kier molecular flexibility index (Phi) is 3.39. The van der Waals surface area contributed by atoms with E-state index < -0.39 is 36.3 Å². The monoisotopic (exact) mass is 499 g/mol. The standard InChI is InChI=1S/C38H34/c1-37(2)20-21-38(3,4)35-24-33(32(23-34(35)37)31-19-11-15-25-12-5-8-16-28(25)31)36-29-17-9-6-13-26(29)22-27-14-7-10-18-30(27)36/h5-19,22-24H,20-21H2,1-4H3/i6D,7D,9D,10D,13D,14D,17D,18D,22D. The van der Waals surface area contributed by atoms with Crippen LogP contribution in [0.5, 0.6) is 0 Å². The molecule has 0 aliphatic heterocycles. The molecular formula is C38H34. The molecule has 6 aromatic carbocycles. The fourth-order valence-electron chi connectivity index (χ4n) is 6.21. The van der Waals surface area contributed by atoms with Gasteiger partial charge in [0.15, 0.2) is 0 Å². The lowest BCUT2D eigenvalue weighted by molar-refractivity contribution is 0.332. The predicted octanol–water partition coefficient (Wildman–Crippen LogP) is 10.8. The third-order valence-electron chi connectivity index (χ3n) is 8.47. The largest absolute Gasteiger partial charge is 0.0636 e. The molecule has 0 heteroatoms. The highest BCUT2D eigenvalue weighted by Crippen LogP contribution is 2.51. The van der Waals surface area contributed by atoms with Crippen molar-refractivity contribution in [3.05, 3.63) is 120 Å². The first kappa shape index (κ1) is 15.5. The second-order valence-corrected chi connectivity index (χ2v) is 11.7. The smallest absolute Gasteiger partial charge is 0.0616 e. The van der Waals surface area contributed by atoms with Gasteiger partial charge in [-0.3, -0.25) is 0 Å². The minimum absolute atomic E-state index is 0.0651. The van der Waals surface area contributed by atoms with Gasteiger partial charge in [-0.1, -0.05) is 118 Å². The van der Waals surface area contributed by atoms with E-state index in [1.165, 1.54) is 5.56 Å². The van der Waals surface area contributed by atoms with E-state index in [1.54, 1.807) is 0 Å². The maximum absolute atomic E-state index is 9.20. The van der Waals surface area contributed by atoms with Crippen molar-refractivity contribution in [2.75, 3.05) is 0 Å². The van der Waals surface area contributed by atoms with Crippen LogP contribution < -0.4 is 0 Å². The highest BCUT2D eigenvalue weighted by atomic mass is 14.4. The number of hydrogen-bond donors (Lipinski definition) is 0. The summed E-state index contributed by atoms with van der Waals surface area (Å²) in [6, 6.07) is 14.6. The molecule has 0 nitrogen and oxygen atoms in total. The normalized spacial score (nSPS) is 19.4. The average molecular weight is 500 g/mol. The van der Waals surface area contributed by atoms with Crippen molar-refractivity contribution >= 4 is 32.3 Å². The van der Waals surface area contributed by atoms with Crippen LogP contribution in [0.4, 0.5) is 0 Å². The first-order valence-electron chi connectivity index (χ1n) is 17.7. The molecule has 0 aromatic heterocycles. The SMILES string of the molecule is [2H]c1c([2H])c([2H])c2c(-c3cc4c(cc3-c3cccc5ccccc35)C(C)(C)CCC4(C)C)c3c([2H])c([2H])c([2H])c([2H])c3c([2H])c2c1[2H]. The Morgan fingerprint density at radius 1 is 0.553 bits per heavy atom. The van der Waals surface area contributed by atoms with Gasteiger partial charge in [-0.25, -0.2) is 0 Å². The van der Waals surface area contributed by atoms with Crippen molar-refractivity contribution in [2.24, 2.45) is 0 Å². The molecule has 7 rings (SSSR count). The topological polar surface area (TPSA) is 0 Å². The molecular weight excluding hydrogens is 456 g/mol. The summed E-state index contributed by atoms with van der Waals surface area (Å²) in [4.78, 5) is 0. The minimum atomic E-state index is -0.496. The molecule has 0 atom stereocenters. The molecule has 6 aromatic rings. The van der Waals surface area contributed by atoms with Crippen LogP contribution in [0, 0.1) is 0 Å². The van der Waals surface area contributed by atoms with Gasteiger partial charge in [0.1, 0.15) is 0 Å². The van der Waals surface area contributed by atoms with Crippen LogP contribution >= 0.6 is 0 Å². The molecule has 0 N–H and O–H groups in total. The summed E-state index contributed by atoms with van der Waals surface area (Å²) in [6.45, 7) is 8.87. The fourth-order valence-corrected chi connectivity index (χ4v) is 6.21. The Bertz CT molecular complexity index is 2270. The molecule has 0 radical (unpaired) electrons. The molecule has 0 heterocycles. The lowest BCUT2D eigenvalue weighted by atomic mass is 9.62. The van der Waals surface area contributed by atoms with Crippen molar-refractivity contribution in [3.8, 4) is 22.3 Å². The minimum Gasteiger partial charge on any atom is -0.0616 e. The molecule has 0 saturated carbocycles. The summed E-state index contributed by atoms with van der Waals surface area (Å²) in [7, 11) is 0. The van der Waals surface area contributed by atoms with E-state index in [2.05, 4.69) is 39.8 Å². The highest BCUT2D eigenvalue weighted by Gasteiger charge is 2.38. The molecule has 38 heavy (non-hydrogen) atoms. The van der Waals surface area contributed by atoms with E-state index in [-0.39, 0.29) is 56.1 Å². The second-order valence-electron chi connectivity index (χ2n) is 11.7. The van der Waals surface area contributed by atoms with Crippen LogP contribution in [0.1, 0.15) is 64.0 Å². The van der Waals surface area contributed by atoms with Gasteiger partial charge in [0.2, 0.25) is 0 Å². The van der Waals surface area contributed by atoms with Crippen LogP contribution in [0.15, 0.2) is 109 Å². The number of benzene rings is 6. The zero-order valence-corrected chi connectivity index (χ0v) is 22.1. The summed E-state index contributed by atoms with van der Waals surface area (Å²) in [5, 5.41) is 2.03. The van der Waals surface area contributed by atoms with Crippen molar-refractivity contribution in [1.82, 2.24) is 0 Å². The van der Waals surface area contributed by atoms with Crippen molar-refractivity contribution in [3.63, 3.8) is 0 Å².